The molecule has 0 fully saturated rings. The van der Waals surface area contributed by atoms with Gasteiger partial charge in [-0.05, 0) is 44.0 Å². The Hall–Kier alpha value is -1.27. The van der Waals surface area contributed by atoms with Gasteiger partial charge < -0.3 is 5.32 Å². The highest BCUT2D eigenvalue weighted by atomic mass is 79.9. The van der Waals surface area contributed by atoms with Gasteiger partial charge in [-0.1, -0.05) is 15.9 Å². The number of amides is 1. The molecule has 0 atom stereocenters. The molecule has 6 heteroatoms. The van der Waals surface area contributed by atoms with Crippen molar-refractivity contribution >= 4 is 39.4 Å². The van der Waals surface area contributed by atoms with Gasteiger partial charge in [-0.2, -0.15) is 5.10 Å². The van der Waals surface area contributed by atoms with Crippen LogP contribution in [0.3, 0.4) is 0 Å². The first-order chi connectivity index (χ1) is 9.45. The summed E-state index contributed by atoms with van der Waals surface area (Å²) in [5, 5.41) is 9.54. The number of benzene rings is 1. The van der Waals surface area contributed by atoms with Gasteiger partial charge >= 0.3 is 0 Å². The first kappa shape index (κ1) is 15.1. The molecule has 0 aliphatic heterocycles. The highest BCUT2D eigenvalue weighted by Crippen LogP contribution is 2.28. The molecule has 0 aliphatic carbocycles. The fraction of sp³-hybridized carbons (Fsp3) is 0.286. The maximum Gasteiger partial charge on any atom is 0.235 e. The van der Waals surface area contributed by atoms with E-state index in [0.717, 1.165) is 20.6 Å². The third-order valence-electron chi connectivity index (χ3n) is 2.79. The van der Waals surface area contributed by atoms with Crippen LogP contribution in [0.5, 0.6) is 0 Å². The number of aromatic amines is 1. The molecule has 0 saturated carbocycles. The van der Waals surface area contributed by atoms with E-state index in [-0.39, 0.29) is 5.91 Å². The van der Waals surface area contributed by atoms with Gasteiger partial charge in [-0.15, -0.1) is 11.8 Å². The number of anilines is 1. The molecule has 2 aromatic rings. The monoisotopic (exact) mass is 353 g/mol. The van der Waals surface area contributed by atoms with Gasteiger partial charge in [0.2, 0.25) is 5.91 Å². The Labute approximate surface area is 130 Å². The smallest absolute Gasteiger partial charge is 0.235 e. The highest BCUT2D eigenvalue weighted by Gasteiger charge is 2.08. The van der Waals surface area contributed by atoms with E-state index in [2.05, 4.69) is 43.6 Å². The normalized spacial score (nSPS) is 10.6. The molecular weight excluding hydrogens is 338 g/mol. The molecule has 4 nitrogen and oxygen atoms in total. The summed E-state index contributed by atoms with van der Waals surface area (Å²) in [6, 6.07) is 5.97. The van der Waals surface area contributed by atoms with Crippen LogP contribution >= 0.6 is 27.7 Å². The van der Waals surface area contributed by atoms with E-state index in [0.29, 0.717) is 11.6 Å². The summed E-state index contributed by atoms with van der Waals surface area (Å²) in [6.07, 6.45) is 0. The molecule has 1 aromatic heterocycles. The van der Waals surface area contributed by atoms with Gasteiger partial charge in [0.05, 0.1) is 5.75 Å². The zero-order chi connectivity index (χ0) is 14.7. The van der Waals surface area contributed by atoms with Crippen molar-refractivity contribution < 1.29 is 4.79 Å². The van der Waals surface area contributed by atoms with Crippen molar-refractivity contribution in [2.24, 2.45) is 0 Å². The second-order valence-electron chi connectivity index (χ2n) is 4.64. The molecule has 2 rings (SSSR count). The van der Waals surface area contributed by atoms with E-state index >= 15 is 0 Å². The summed E-state index contributed by atoms with van der Waals surface area (Å²) in [7, 11) is 0. The molecule has 2 N–H and O–H groups in total. The average molecular weight is 354 g/mol. The summed E-state index contributed by atoms with van der Waals surface area (Å²) in [5.41, 5.74) is 3.25. The molecule has 20 heavy (non-hydrogen) atoms. The summed E-state index contributed by atoms with van der Waals surface area (Å²) in [6.45, 7) is 5.98. The number of aromatic nitrogens is 2. The van der Waals surface area contributed by atoms with Crippen LogP contribution in [-0.2, 0) is 4.79 Å². The molecule has 1 heterocycles. The maximum absolute atomic E-state index is 11.9. The van der Waals surface area contributed by atoms with Gasteiger partial charge in [0.15, 0.2) is 5.82 Å². The lowest BCUT2D eigenvalue weighted by molar-refractivity contribution is -0.113. The molecule has 0 bridgehead atoms. The van der Waals surface area contributed by atoms with Gasteiger partial charge in [0.25, 0.3) is 0 Å². The Morgan fingerprint density at radius 1 is 1.30 bits per heavy atom. The predicted molar refractivity (Wildman–Crippen MR) is 86.3 cm³/mol. The molecule has 0 aliphatic rings. The standard InChI is InChI=1S/C14H16BrN3OS/c1-8-5-12(9(2)4-11(8)15)20-7-14(19)16-13-6-10(3)17-18-13/h4-6H,7H2,1-3H3,(H2,16,17,18,19). The maximum atomic E-state index is 11.9. The number of carbonyl (C=O) groups is 1. The van der Waals surface area contributed by atoms with E-state index < -0.39 is 0 Å². The fourth-order valence-electron chi connectivity index (χ4n) is 1.71. The van der Waals surface area contributed by atoms with Crippen molar-refractivity contribution in [2.75, 3.05) is 11.1 Å². The van der Waals surface area contributed by atoms with E-state index in [1.165, 1.54) is 17.3 Å². The third kappa shape index (κ3) is 3.86. The van der Waals surface area contributed by atoms with E-state index in [4.69, 9.17) is 0 Å². The van der Waals surface area contributed by atoms with Gasteiger partial charge in [0, 0.05) is 21.1 Å². The van der Waals surface area contributed by atoms with Crippen molar-refractivity contribution in [1.82, 2.24) is 10.2 Å². The first-order valence-electron chi connectivity index (χ1n) is 6.17. The van der Waals surface area contributed by atoms with E-state index in [1.54, 1.807) is 6.07 Å². The Morgan fingerprint density at radius 2 is 2.05 bits per heavy atom. The lowest BCUT2D eigenvalue weighted by Gasteiger charge is -2.08. The molecule has 0 spiro atoms. The molecule has 0 unspecified atom stereocenters. The number of nitrogens with one attached hydrogen (secondary N) is 2. The van der Waals surface area contributed by atoms with Gasteiger partial charge in [-0.3, -0.25) is 9.89 Å². The lowest BCUT2D eigenvalue weighted by Crippen LogP contribution is -2.14. The van der Waals surface area contributed by atoms with Crippen molar-refractivity contribution in [3.05, 3.63) is 39.5 Å². The minimum atomic E-state index is -0.0542. The van der Waals surface area contributed by atoms with Crippen LogP contribution in [0.1, 0.15) is 16.8 Å². The number of rotatable bonds is 4. The summed E-state index contributed by atoms with van der Waals surface area (Å²) in [5.74, 6) is 0.881. The number of hydrogen-bond acceptors (Lipinski definition) is 3. The van der Waals surface area contributed by atoms with E-state index in [9.17, 15) is 4.79 Å². The summed E-state index contributed by atoms with van der Waals surface area (Å²) < 4.78 is 1.09. The van der Waals surface area contributed by atoms with Crippen LogP contribution in [0.2, 0.25) is 0 Å². The van der Waals surface area contributed by atoms with Crippen LogP contribution in [0.4, 0.5) is 5.82 Å². The van der Waals surface area contributed by atoms with Crippen molar-refractivity contribution in [1.29, 1.82) is 0 Å². The summed E-state index contributed by atoms with van der Waals surface area (Å²) >= 11 is 5.04. The Balaban J connectivity index is 1.95. The minimum absolute atomic E-state index is 0.0542. The summed E-state index contributed by atoms with van der Waals surface area (Å²) in [4.78, 5) is 13.0. The van der Waals surface area contributed by atoms with Crippen LogP contribution in [0.25, 0.3) is 0 Å². The number of aryl methyl sites for hydroxylation is 3. The lowest BCUT2D eigenvalue weighted by atomic mass is 10.2. The number of halogens is 1. The molecule has 106 valence electrons. The second-order valence-corrected chi connectivity index (χ2v) is 6.51. The van der Waals surface area contributed by atoms with E-state index in [1.807, 2.05) is 20.8 Å². The van der Waals surface area contributed by atoms with Crippen molar-refractivity contribution in [3.8, 4) is 0 Å². The minimum Gasteiger partial charge on any atom is -0.308 e. The first-order valence-corrected chi connectivity index (χ1v) is 7.95. The Bertz CT molecular complexity index is 639. The number of thioether (sulfide) groups is 1. The highest BCUT2D eigenvalue weighted by molar-refractivity contribution is 9.10. The number of nitrogens with zero attached hydrogens (tertiary/aromatic N) is 1. The van der Waals surface area contributed by atoms with Gasteiger partial charge in [0.1, 0.15) is 0 Å². The SMILES string of the molecule is Cc1cc(NC(=O)CSc2cc(C)c(Br)cc2C)n[nH]1. The third-order valence-corrected chi connectivity index (χ3v) is 4.80. The van der Waals surface area contributed by atoms with Crippen molar-refractivity contribution in [2.45, 2.75) is 25.7 Å². The number of carbonyl (C=O) groups excluding carboxylic acids is 1. The number of H-pyrrole nitrogens is 1. The van der Waals surface area contributed by atoms with Crippen LogP contribution in [-0.4, -0.2) is 21.9 Å². The number of hydrogen-bond donors (Lipinski definition) is 2. The predicted octanol–water partition coefficient (Wildman–Crippen LogP) is 3.83. The van der Waals surface area contributed by atoms with Gasteiger partial charge in [-0.25, -0.2) is 0 Å². The average Bonchev–Trinajstić information content (AvgIpc) is 2.77. The topological polar surface area (TPSA) is 57.8 Å². The molecule has 1 aromatic carbocycles. The Kier molecular flexibility index (Phi) is 4.88. The molecular formula is C14H16BrN3OS. The fourth-order valence-corrected chi connectivity index (χ4v) is 3.08. The van der Waals surface area contributed by atoms with Crippen LogP contribution < -0.4 is 5.32 Å². The van der Waals surface area contributed by atoms with Crippen LogP contribution in [0, 0.1) is 20.8 Å². The quantitative estimate of drug-likeness (QED) is 0.821. The Morgan fingerprint density at radius 3 is 2.70 bits per heavy atom. The van der Waals surface area contributed by atoms with Crippen molar-refractivity contribution in [3.63, 3.8) is 0 Å². The zero-order valence-electron chi connectivity index (χ0n) is 11.6. The zero-order valence-corrected chi connectivity index (χ0v) is 14.0. The molecule has 1 amide bonds. The largest absolute Gasteiger partial charge is 0.308 e. The van der Waals surface area contributed by atoms with Crippen LogP contribution in [0.15, 0.2) is 27.6 Å². The molecule has 0 radical (unpaired) electrons. The second kappa shape index (κ2) is 6.45. The molecule has 0 saturated heterocycles.